The van der Waals surface area contributed by atoms with Crippen LogP contribution in [-0.4, -0.2) is 19.6 Å². The van der Waals surface area contributed by atoms with E-state index in [1.165, 1.54) is 13.2 Å². The molecule has 0 saturated carbocycles. The largest absolute Gasteiger partial charge is 0.469 e. The molecule has 1 aromatic rings. The summed E-state index contributed by atoms with van der Waals surface area (Å²) in [6.07, 6.45) is 0. The zero-order valence-electron chi connectivity index (χ0n) is 10.0. The molecule has 94 valence electrons. The highest BCUT2D eigenvalue weighted by Crippen LogP contribution is 2.20. The third-order valence-corrected chi connectivity index (χ3v) is 2.39. The lowest BCUT2D eigenvalue weighted by atomic mass is 9.93. The zero-order valence-corrected chi connectivity index (χ0v) is 10.0. The first kappa shape index (κ1) is 13.4. The third kappa shape index (κ3) is 3.41. The van der Waals surface area contributed by atoms with Gasteiger partial charge in [0.25, 0.3) is 0 Å². The number of esters is 1. The van der Waals surface area contributed by atoms with Crippen LogP contribution in [0, 0.1) is 17.0 Å². The normalized spacial score (nSPS) is 11.1. The average molecular weight is 243 g/mol. The van der Waals surface area contributed by atoms with Gasteiger partial charge in [-0.05, 0) is 26.0 Å². The Hall–Kier alpha value is -1.65. The average Bonchev–Trinajstić information content (AvgIpc) is 2.26. The van der Waals surface area contributed by atoms with Gasteiger partial charge in [0.1, 0.15) is 11.6 Å². The van der Waals surface area contributed by atoms with Crippen molar-refractivity contribution in [3.63, 3.8) is 0 Å². The van der Waals surface area contributed by atoms with Crippen molar-refractivity contribution in [2.24, 2.45) is 5.41 Å². The van der Waals surface area contributed by atoms with E-state index in [1.807, 2.05) is 0 Å². The maximum atomic E-state index is 13.3. The summed E-state index contributed by atoms with van der Waals surface area (Å²) in [5, 5.41) is 2.75. The molecule has 1 N–H and O–H groups in total. The number of hydrogen-bond donors (Lipinski definition) is 1. The van der Waals surface area contributed by atoms with Crippen LogP contribution in [0.25, 0.3) is 0 Å². The molecular weight excluding hydrogens is 228 g/mol. The predicted octanol–water partition coefficient (Wildman–Crippen LogP) is 2.58. The number of benzene rings is 1. The van der Waals surface area contributed by atoms with Crippen LogP contribution in [0.2, 0.25) is 0 Å². The summed E-state index contributed by atoms with van der Waals surface area (Å²) < 4.78 is 30.6. The van der Waals surface area contributed by atoms with Gasteiger partial charge in [-0.1, -0.05) is 0 Å². The van der Waals surface area contributed by atoms with Crippen LogP contribution in [0.3, 0.4) is 0 Å². The minimum absolute atomic E-state index is 0.156. The van der Waals surface area contributed by atoms with E-state index in [0.717, 1.165) is 12.1 Å². The minimum atomic E-state index is -0.782. The molecule has 0 fully saturated rings. The van der Waals surface area contributed by atoms with E-state index in [4.69, 9.17) is 0 Å². The molecule has 0 unspecified atom stereocenters. The second-order valence-corrected chi connectivity index (χ2v) is 4.35. The number of ether oxygens (including phenoxy) is 1. The molecule has 0 aliphatic heterocycles. The maximum Gasteiger partial charge on any atom is 0.313 e. The Morgan fingerprint density at radius 3 is 2.59 bits per heavy atom. The van der Waals surface area contributed by atoms with Crippen LogP contribution in [0.4, 0.5) is 14.5 Å². The van der Waals surface area contributed by atoms with Crippen LogP contribution in [-0.2, 0) is 9.53 Å². The lowest BCUT2D eigenvalue weighted by molar-refractivity contribution is -0.149. The summed E-state index contributed by atoms with van der Waals surface area (Å²) in [6, 6.07) is 3.22. The molecule has 5 heteroatoms. The van der Waals surface area contributed by atoms with Gasteiger partial charge in [-0.25, -0.2) is 8.78 Å². The monoisotopic (exact) mass is 243 g/mol. The molecule has 0 aliphatic carbocycles. The van der Waals surface area contributed by atoms with Gasteiger partial charge < -0.3 is 10.1 Å². The van der Waals surface area contributed by atoms with Crippen LogP contribution in [0.15, 0.2) is 18.2 Å². The molecule has 0 heterocycles. The highest BCUT2D eigenvalue weighted by molar-refractivity contribution is 5.76. The molecule has 17 heavy (non-hydrogen) atoms. The van der Waals surface area contributed by atoms with Gasteiger partial charge in [0.2, 0.25) is 0 Å². The van der Waals surface area contributed by atoms with E-state index < -0.39 is 23.0 Å². The smallest absolute Gasteiger partial charge is 0.313 e. The van der Waals surface area contributed by atoms with E-state index >= 15 is 0 Å². The van der Waals surface area contributed by atoms with Crippen molar-refractivity contribution < 1.29 is 18.3 Å². The molecular formula is C12H15F2NO2. The number of nitrogens with one attached hydrogen (secondary N) is 1. The Labute approximate surface area is 98.8 Å². The van der Waals surface area contributed by atoms with E-state index in [-0.39, 0.29) is 12.2 Å². The number of rotatable bonds is 4. The Morgan fingerprint density at radius 1 is 1.41 bits per heavy atom. The highest BCUT2D eigenvalue weighted by Gasteiger charge is 2.28. The Balaban J connectivity index is 2.70. The van der Waals surface area contributed by atoms with E-state index in [1.54, 1.807) is 13.8 Å². The van der Waals surface area contributed by atoms with Gasteiger partial charge in [0, 0.05) is 12.6 Å². The Kier molecular flexibility index (Phi) is 4.04. The van der Waals surface area contributed by atoms with Gasteiger partial charge in [0.05, 0.1) is 18.2 Å². The first-order chi connectivity index (χ1) is 7.86. The standard InChI is InChI=1S/C12H15F2NO2/c1-12(2,11(16)17-3)7-15-10-5-4-8(13)6-9(10)14/h4-6,15H,7H2,1-3H3. The topological polar surface area (TPSA) is 38.3 Å². The van der Waals surface area contributed by atoms with Crippen molar-refractivity contribution in [2.75, 3.05) is 19.0 Å². The van der Waals surface area contributed by atoms with Crippen molar-refractivity contribution in [2.45, 2.75) is 13.8 Å². The van der Waals surface area contributed by atoms with Crippen molar-refractivity contribution in [1.82, 2.24) is 0 Å². The molecule has 0 aromatic heterocycles. The van der Waals surface area contributed by atoms with Crippen LogP contribution < -0.4 is 5.32 Å². The van der Waals surface area contributed by atoms with Crippen molar-refractivity contribution in [3.05, 3.63) is 29.8 Å². The first-order valence-electron chi connectivity index (χ1n) is 5.14. The fourth-order valence-electron chi connectivity index (χ4n) is 1.30. The van der Waals surface area contributed by atoms with Gasteiger partial charge in [-0.15, -0.1) is 0 Å². The first-order valence-corrected chi connectivity index (χ1v) is 5.14. The third-order valence-electron chi connectivity index (χ3n) is 2.39. The fourth-order valence-corrected chi connectivity index (χ4v) is 1.30. The molecule has 0 amide bonds. The minimum Gasteiger partial charge on any atom is -0.469 e. The van der Waals surface area contributed by atoms with Gasteiger partial charge in [-0.3, -0.25) is 4.79 Å². The second-order valence-electron chi connectivity index (χ2n) is 4.35. The molecule has 3 nitrogen and oxygen atoms in total. The number of carbonyl (C=O) groups excluding carboxylic acids is 1. The molecule has 0 spiro atoms. The Morgan fingerprint density at radius 2 is 2.06 bits per heavy atom. The van der Waals surface area contributed by atoms with E-state index in [0.29, 0.717) is 0 Å². The molecule has 0 saturated heterocycles. The zero-order chi connectivity index (χ0) is 13.1. The lowest BCUT2D eigenvalue weighted by Crippen LogP contribution is -2.33. The number of methoxy groups -OCH3 is 1. The predicted molar refractivity (Wildman–Crippen MR) is 60.6 cm³/mol. The van der Waals surface area contributed by atoms with E-state index in [9.17, 15) is 13.6 Å². The maximum absolute atomic E-state index is 13.3. The summed E-state index contributed by atoms with van der Waals surface area (Å²) in [4.78, 5) is 11.4. The van der Waals surface area contributed by atoms with Gasteiger partial charge >= 0.3 is 5.97 Å². The molecule has 0 bridgehead atoms. The quantitative estimate of drug-likeness (QED) is 0.826. The second kappa shape index (κ2) is 5.12. The molecule has 1 rings (SSSR count). The molecule has 1 aromatic carbocycles. The van der Waals surface area contributed by atoms with Crippen molar-refractivity contribution >= 4 is 11.7 Å². The van der Waals surface area contributed by atoms with Crippen LogP contribution in [0.1, 0.15) is 13.8 Å². The van der Waals surface area contributed by atoms with Gasteiger partial charge in [0.15, 0.2) is 0 Å². The summed E-state index contributed by atoms with van der Waals surface area (Å²) in [5.41, 5.74) is -0.626. The number of anilines is 1. The summed E-state index contributed by atoms with van der Waals surface area (Å²) in [5.74, 6) is -1.72. The summed E-state index contributed by atoms with van der Waals surface area (Å²) in [7, 11) is 1.29. The molecule has 0 atom stereocenters. The number of hydrogen-bond acceptors (Lipinski definition) is 3. The van der Waals surface area contributed by atoms with Crippen LogP contribution >= 0.6 is 0 Å². The van der Waals surface area contributed by atoms with Crippen LogP contribution in [0.5, 0.6) is 0 Å². The lowest BCUT2D eigenvalue weighted by Gasteiger charge is -2.22. The SMILES string of the molecule is COC(=O)C(C)(C)CNc1ccc(F)cc1F. The molecule has 0 radical (unpaired) electrons. The van der Waals surface area contributed by atoms with Gasteiger partial charge in [-0.2, -0.15) is 0 Å². The Bertz CT molecular complexity index is 419. The highest BCUT2D eigenvalue weighted by atomic mass is 19.1. The van der Waals surface area contributed by atoms with E-state index in [2.05, 4.69) is 10.1 Å². The number of carbonyl (C=O) groups is 1. The molecule has 0 aliphatic rings. The van der Waals surface area contributed by atoms with Crippen molar-refractivity contribution in [1.29, 1.82) is 0 Å². The fraction of sp³-hybridized carbons (Fsp3) is 0.417. The summed E-state index contributed by atoms with van der Waals surface area (Å²) in [6.45, 7) is 3.54. The summed E-state index contributed by atoms with van der Waals surface area (Å²) >= 11 is 0. The van der Waals surface area contributed by atoms with Crippen molar-refractivity contribution in [3.8, 4) is 0 Å². The number of halogens is 2.